The molecule has 0 unspecified atom stereocenters. The van der Waals surface area contributed by atoms with Crippen molar-refractivity contribution in [2.45, 2.75) is 32.8 Å². The summed E-state index contributed by atoms with van der Waals surface area (Å²) in [5, 5.41) is 5.34. The number of thiazole rings is 1. The van der Waals surface area contributed by atoms with Gasteiger partial charge in [0, 0.05) is 44.2 Å². The molecule has 3 aromatic rings. The number of anilines is 2. The zero-order valence-corrected chi connectivity index (χ0v) is 21.5. The van der Waals surface area contributed by atoms with E-state index in [2.05, 4.69) is 38.4 Å². The van der Waals surface area contributed by atoms with Gasteiger partial charge in [-0.15, -0.1) is 11.3 Å². The average Bonchev–Trinajstić information content (AvgIpc) is 3.51. The molecule has 1 saturated heterocycles. The zero-order chi connectivity index (χ0) is 25.3. The molecular formula is C27H29N5O3S. The summed E-state index contributed by atoms with van der Waals surface area (Å²) in [6, 6.07) is 10.2. The fourth-order valence-corrected chi connectivity index (χ4v) is 5.10. The normalized spacial score (nSPS) is 15.4. The van der Waals surface area contributed by atoms with Gasteiger partial charge in [-0.1, -0.05) is 24.3 Å². The number of amides is 2. The first-order chi connectivity index (χ1) is 17.3. The van der Waals surface area contributed by atoms with Crippen molar-refractivity contribution >= 4 is 46.4 Å². The minimum Gasteiger partial charge on any atom is -0.444 e. The first kappa shape index (κ1) is 24.0. The Labute approximate surface area is 214 Å². The van der Waals surface area contributed by atoms with E-state index in [9.17, 15) is 9.59 Å². The minimum absolute atomic E-state index is 0.260. The van der Waals surface area contributed by atoms with Gasteiger partial charge < -0.3 is 19.9 Å². The highest BCUT2D eigenvalue weighted by Gasteiger charge is 2.27. The molecule has 0 bridgehead atoms. The summed E-state index contributed by atoms with van der Waals surface area (Å²) in [7, 11) is 0. The first-order valence-corrected chi connectivity index (χ1v) is 12.9. The Kier molecular flexibility index (Phi) is 6.49. The van der Waals surface area contributed by atoms with Crippen molar-refractivity contribution in [1.29, 1.82) is 0 Å². The predicted octanol–water partition coefficient (Wildman–Crippen LogP) is 4.94. The van der Waals surface area contributed by atoms with Gasteiger partial charge in [-0.25, -0.2) is 9.78 Å². The van der Waals surface area contributed by atoms with Crippen molar-refractivity contribution in [3.05, 3.63) is 69.9 Å². The van der Waals surface area contributed by atoms with E-state index in [1.807, 2.05) is 44.4 Å². The number of nitrogens with one attached hydrogen (secondary N) is 1. The number of hydrogen-bond donors (Lipinski definition) is 1. The number of benzene rings is 1. The molecule has 1 N–H and O–H groups in total. The Morgan fingerprint density at radius 1 is 1.08 bits per heavy atom. The average molecular weight is 504 g/mol. The molecule has 9 heteroatoms. The lowest BCUT2D eigenvalue weighted by Gasteiger charge is -2.37. The molecule has 2 aromatic heterocycles. The molecule has 1 aliphatic heterocycles. The van der Waals surface area contributed by atoms with E-state index in [4.69, 9.17) is 4.74 Å². The molecule has 1 aromatic carbocycles. The fourth-order valence-electron chi connectivity index (χ4n) is 4.36. The number of carbonyl (C=O) groups excluding carboxylic acids is 2. The number of piperazine rings is 1. The number of ether oxygens (including phenoxy) is 1. The molecule has 0 atom stereocenters. The summed E-state index contributed by atoms with van der Waals surface area (Å²) in [5.41, 5.74) is 5.41. The van der Waals surface area contributed by atoms with Crippen LogP contribution in [0.4, 0.5) is 16.2 Å². The van der Waals surface area contributed by atoms with Crippen molar-refractivity contribution < 1.29 is 14.3 Å². The van der Waals surface area contributed by atoms with Crippen LogP contribution in [0.15, 0.2) is 48.1 Å². The molecular weight excluding hydrogens is 474 g/mol. The smallest absolute Gasteiger partial charge is 0.410 e. The monoisotopic (exact) mass is 503 g/mol. The molecule has 8 nitrogen and oxygen atoms in total. The van der Waals surface area contributed by atoms with Gasteiger partial charge >= 0.3 is 6.09 Å². The molecule has 36 heavy (non-hydrogen) atoms. The number of allylic oxidation sites excluding steroid dienone is 1. The first-order valence-electron chi connectivity index (χ1n) is 12.0. The summed E-state index contributed by atoms with van der Waals surface area (Å²) in [4.78, 5) is 38.2. The minimum atomic E-state index is -0.523. The van der Waals surface area contributed by atoms with Crippen LogP contribution in [0.1, 0.15) is 47.4 Å². The molecule has 1 fully saturated rings. The van der Waals surface area contributed by atoms with E-state index < -0.39 is 5.60 Å². The van der Waals surface area contributed by atoms with Crippen LogP contribution in [0.25, 0.3) is 11.6 Å². The molecule has 0 spiro atoms. The maximum atomic E-state index is 13.1. The van der Waals surface area contributed by atoms with E-state index in [-0.39, 0.29) is 12.0 Å². The van der Waals surface area contributed by atoms with Crippen LogP contribution in [-0.2, 0) is 11.2 Å². The maximum absolute atomic E-state index is 13.1. The molecule has 186 valence electrons. The van der Waals surface area contributed by atoms with Gasteiger partial charge in [0.25, 0.3) is 5.91 Å². The third-order valence-corrected chi connectivity index (χ3v) is 6.95. The van der Waals surface area contributed by atoms with E-state index >= 15 is 0 Å². The Hall–Kier alpha value is -3.72. The summed E-state index contributed by atoms with van der Waals surface area (Å²) in [6.07, 6.45) is 6.02. The molecule has 2 amide bonds. The van der Waals surface area contributed by atoms with E-state index in [0.717, 1.165) is 23.4 Å². The topological polar surface area (TPSA) is 87.7 Å². The Morgan fingerprint density at radius 3 is 2.61 bits per heavy atom. The van der Waals surface area contributed by atoms with Gasteiger partial charge in [0.2, 0.25) is 0 Å². The SMILES string of the molecule is CC(C)(C)OC(=O)N1CCN(c2ccncc2NC(=O)c2nc(C3=Cc4ccccc4C3)cs2)CC1. The highest BCUT2D eigenvalue weighted by molar-refractivity contribution is 7.12. The van der Waals surface area contributed by atoms with Crippen LogP contribution in [0.3, 0.4) is 0 Å². The standard InChI is InChI=1S/C27H29N5O3S/c1-27(2,3)35-26(34)32-12-10-31(11-13-32)23-8-9-28-16-21(23)29-24(33)25-30-22(17-36-25)20-14-18-6-4-5-7-19(18)15-20/h4-9,14,16-17H,10-13,15H2,1-3H3,(H,29,33). The highest BCUT2D eigenvalue weighted by atomic mass is 32.1. The van der Waals surface area contributed by atoms with E-state index in [1.54, 1.807) is 17.3 Å². The Balaban J connectivity index is 1.24. The van der Waals surface area contributed by atoms with Crippen molar-refractivity contribution in [3.8, 4) is 0 Å². The summed E-state index contributed by atoms with van der Waals surface area (Å²) >= 11 is 1.34. The lowest BCUT2D eigenvalue weighted by molar-refractivity contribution is 0.0240. The van der Waals surface area contributed by atoms with E-state index in [0.29, 0.717) is 36.9 Å². The molecule has 1 aliphatic carbocycles. The van der Waals surface area contributed by atoms with Gasteiger partial charge in [-0.2, -0.15) is 0 Å². The van der Waals surface area contributed by atoms with Crippen LogP contribution in [-0.4, -0.2) is 58.6 Å². The Morgan fingerprint density at radius 2 is 1.86 bits per heavy atom. The largest absolute Gasteiger partial charge is 0.444 e. The van der Waals surface area contributed by atoms with Crippen molar-refractivity contribution in [1.82, 2.24) is 14.9 Å². The van der Waals surface area contributed by atoms with Gasteiger partial charge in [0.05, 0.1) is 23.3 Å². The van der Waals surface area contributed by atoms with Gasteiger partial charge in [0.15, 0.2) is 5.01 Å². The molecule has 0 saturated carbocycles. The third kappa shape index (κ3) is 5.26. The van der Waals surface area contributed by atoms with Crippen LogP contribution >= 0.6 is 11.3 Å². The molecule has 3 heterocycles. The Bertz CT molecular complexity index is 1320. The number of fused-ring (bicyclic) bond motifs is 1. The number of hydrogen-bond acceptors (Lipinski definition) is 7. The number of pyridine rings is 1. The number of carbonyl (C=O) groups is 2. The molecule has 0 radical (unpaired) electrons. The van der Waals surface area contributed by atoms with Gasteiger partial charge in [-0.3, -0.25) is 9.78 Å². The van der Waals surface area contributed by atoms with Gasteiger partial charge in [0.1, 0.15) is 5.60 Å². The van der Waals surface area contributed by atoms with Crippen molar-refractivity contribution in [3.63, 3.8) is 0 Å². The van der Waals surface area contributed by atoms with Crippen LogP contribution in [0.5, 0.6) is 0 Å². The summed E-state index contributed by atoms with van der Waals surface area (Å²) in [5.74, 6) is -0.260. The quantitative estimate of drug-likeness (QED) is 0.542. The fraction of sp³-hybridized carbons (Fsp3) is 0.333. The summed E-state index contributed by atoms with van der Waals surface area (Å²) < 4.78 is 5.49. The summed E-state index contributed by atoms with van der Waals surface area (Å²) in [6.45, 7) is 7.92. The van der Waals surface area contributed by atoms with Crippen molar-refractivity contribution in [2.75, 3.05) is 36.4 Å². The number of nitrogens with zero attached hydrogens (tertiary/aromatic N) is 4. The third-order valence-electron chi connectivity index (χ3n) is 6.11. The second-order valence-corrected chi connectivity index (χ2v) is 10.7. The van der Waals surface area contributed by atoms with Crippen LogP contribution in [0.2, 0.25) is 0 Å². The van der Waals surface area contributed by atoms with Gasteiger partial charge in [-0.05, 0) is 49.6 Å². The second-order valence-electron chi connectivity index (χ2n) is 9.88. The highest BCUT2D eigenvalue weighted by Crippen LogP contribution is 2.32. The maximum Gasteiger partial charge on any atom is 0.410 e. The lowest BCUT2D eigenvalue weighted by atomic mass is 10.1. The predicted molar refractivity (Wildman–Crippen MR) is 142 cm³/mol. The number of rotatable bonds is 4. The molecule has 2 aliphatic rings. The molecule has 5 rings (SSSR count). The number of aromatic nitrogens is 2. The van der Waals surface area contributed by atoms with Crippen LogP contribution < -0.4 is 10.2 Å². The second kappa shape index (κ2) is 9.73. The zero-order valence-electron chi connectivity index (χ0n) is 20.7. The van der Waals surface area contributed by atoms with Crippen molar-refractivity contribution in [2.24, 2.45) is 0 Å². The van der Waals surface area contributed by atoms with Crippen LogP contribution in [0, 0.1) is 0 Å². The lowest BCUT2D eigenvalue weighted by Crippen LogP contribution is -2.50. The van der Waals surface area contributed by atoms with E-state index in [1.165, 1.54) is 22.5 Å².